The number of hydrogen-bond donors (Lipinski definition) is 1. The van der Waals surface area contributed by atoms with Crippen molar-refractivity contribution in [2.45, 2.75) is 6.04 Å². The van der Waals surface area contributed by atoms with Gasteiger partial charge in [-0.3, -0.25) is 0 Å². The zero-order chi connectivity index (χ0) is 13.1. The van der Waals surface area contributed by atoms with Gasteiger partial charge in [-0.2, -0.15) is 0 Å². The molecule has 0 bridgehead atoms. The van der Waals surface area contributed by atoms with E-state index < -0.39 is 6.04 Å². The number of methoxy groups -OCH3 is 2. The molecule has 1 aliphatic rings. The van der Waals surface area contributed by atoms with E-state index in [2.05, 4.69) is 5.32 Å². The molecule has 98 valence electrons. The first-order valence-electron chi connectivity index (χ1n) is 5.44. The second-order valence-corrected chi connectivity index (χ2v) is 3.70. The van der Waals surface area contributed by atoms with Crippen molar-refractivity contribution in [2.75, 3.05) is 28.1 Å². The van der Waals surface area contributed by atoms with Gasteiger partial charge in [0.15, 0.2) is 11.5 Å². The molecule has 1 N–H and O–H groups in total. The molecule has 0 radical (unpaired) electrons. The van der Waals surface area contributed by atoms with Gasteiger partial charge in [0.2, 0.25) is 12.5 Å². The van der Waals surface area contributed by atoms with Crippen LogP contribution in [0.15, 0.2) is 12.1 Å². The van der Waals surface area contributed by atoms with Crippen LogP contribution in [-0.2, 0) is 9.53 Å². The fraction of sp³-hybridized carbons (Fsp3) is 0.417. The largest absolute Gasteiger partial charge is 0.493 e. The maximum Gasteiger partial charge on any atom is 0.327 e. The fourth-order valence-corrected chi connectivity index (χ4v) is 1.86. The lowest BCUT2D eigenvalue weighted by molar-refractivity contribution is -0.143. The number of esters is 1. The number of ether oxygens (including phenoxy) is 4. The van der Waals surface area contributed by atoms with Crippen LogP contribution in [0.2, 0.25) is 0 Å². The van der Waals surface area contributed by atoms with Crippen LogP contribution in [0, 0.1) is 0 Å². The van der Waals surface area contributed by atoms with Gasteiger partial charge in [0.25, 0.3) is 0 Å². The Morgan fingerprint density at radius 2 is 2.17 bits per heavy atom. The molecule has 6 heteroatoms. The van der Waals surface area contributed by atoms with Crippen LogP contribution in [0.25, 0.3) is 0 Å². The Labute approximate surface area is 105 Å². The zero-order valence-corrected chi connectivity index (χ0v) is 10.5. The Hall–Kier alpha value is -1.95. The van der Waals surface area contributed by atoms with E-state index in [0.717, 1.165) is 0 Å². The summed E-state index contributed by atoms with van der Waals surface area (Å²) >= 11 is 0. The van der Waals surface area contributed by atoms with Gasteiger partial charge < -0.3 is 24.3 Å². The molecule has 0 saturated carbocycles. The minimum absolute atomic E-state index is 0.150. The van der Waals surface area contributed by atoms with Crippen molar-refractivity contribution in [3.63, 3.8) is 0 Å². The number of likely N-dealkylation sites (N-methyl/N-ethyl adjacent to an activating group) is 1. The molecule has 1 aliphatic heterocycles. The van der Waals surface area contributed by atoms with E-state index in [9.17, 15) is 4.79 Å². The highest BCUT2D eigenvalue weighted by Gasteiger charge is 2.26. The molecule has 2 rings (SSSR count). The molecule has 1 unspecified atom stereocenters. The zero-order valence-electron chi connectivity index (χ0n) is 10.5. The van der Waals surface area contributed by atoms with E-state index >= 15 is 0 Å². The lowest BCUT2D eigenvalue weighted by Gasteiger charge is -2.15. The average molecular weight is 253 g/mol. The average Bonchev–Trinajstić information content (AvgIpc) is 2.86. The molecule has 0 saturated heterocycles. The number of benzene rings is 1. The van der Waals surface area contributed by atoms with Crippen LogP contribution in [0.3, 0.4) is 0 Å². The Kier molecular flexibility index (Phi) is 3.57. The SMILES string of the molecule is CNC(C(=O)OC)c1cc(OC)c2c(c1)OCO2. The number of rotatable bonds is 4. The second kappa shape index (κ2) is 5.14. The normalized spacial score (nSPS) is 14.2. The predicted octanol–water partition coefficient (Wildman–Crippen LogP) is 0.857. The molecule has 1 aromatic carbocycles. The van der Waals surface area contributed by atoms with E-state index in [-0.39, 0.29) is 12.8 Å². The second-order valence-electron chi connectivity index (χ2n) is 3.70. The van der Waals surface area contributed by atoms with Crippen molar-refractivity contribution < 1.29 is 23.7 Å². The van der Waals surface area contributed by atoms with Crippen molar-refractivity contribution in [1.29, 1.82) is 0 Å². The number of nitrogens with one attached hydrogen (secondary N) is 1. The number of hydrogen-bond acceptors (Lipinski definition) is 6. The van der Waals surface area contributed by atoms with Crippen molar-refractivity contribution >= 4 is 5.97 Å². The highest BCUT2D eigenvalue weighted by Crippen LogP contribution is 2.43. The Bertz CT molecular complexity index is 460. The van der Waals surface area contributed by atoms with Crippen molar-refractivity contribution in [1.82, 2.24) is 5.32 Å². The summed E-state index contributed by atoms with van der Waals surface area (Å²) in [7, 11) is 4.56. The summed E-state index contributed by atoms with van der Waals surface area (Å²) in [5, 5.41) is 2.89. The molecule has 1 aromatic rings. The van der Waals surface area contributed by atoms with Gasteiger partial charge in [-0.1, -0.05) is 0 Å². The topological polar surface area (TPSA) is 66.0 Å². The van der Waals surface area contributed by atoms with Crippen LogP contribution in [0.1, 0.15) is 11.6 Å². The first kappa shape index (κ1) is 12.5. The molecular weight excluding hydrogens is 238 g/mol. The van der Waals surface area contributed by atoms with Crippen LogP contribution < -0.4 is 19.5 Å². The van der Waals surface area contributed by atoms with Gasteiger partial charge in [-0.25, -0.2) is 4.79 Å². The van der Waals surface area contributed by atoms with Crippen LogP contribution in [0.5, 0.6) is 17.2 Å². The summed E-state index contributed by atoms with van der Waals surface area (Å²) < 4.78 is 20.6. The molecule has 6 nitrogen and oxygen atoms in total. The van der Waals surface area contributed by atoms with E-state index in [4.69, 9.17) is 18.9 Å². The van der Waals surface area contributed by atoms with Crippen molar-refractivity contribution in [2.24, 2.45) is 0 Å². The summed E-state index contributed by atoms with van der Waals surface area (Å²) in [6.45, 7) is 0.150. The molecule has 0 amide bonds. The smallest absolute Gasteiger partial charge is 0.327 e. The Morgan fingerprint density at radius 3 is 2.78 bits per heavy atom. The fourth-order valence-electron chi connectivity index (χ4n) is 1.86. The maximum absolute atomic E-state index is 11.6. The molecule has 0 fully saturated rings. The number of fused-ring (bicyclic) bond motifs is 1. The monoisotopic (exact) mass is 253 g/mol. The number of carbonyl (C=O) groups is 1. The first-order valence-corrected chi connectivity index (χ1v) is 5.44. The Balaban J connectivity index is 2.42. The first-order chi connectivity index (χ1) is 8.71. The van der Waals surface area contributed by atoms with Crippen LogP contribution in [0.4, 0.5) is 0 Å². The lowest BCUT2D eigenvalue weighted by Crippen LogP contribution is -2.26. The van der Waals surface area contributed by atoms with Gasteiger partial charge in [0, 0.05) is 0 Å². The third kappa shape index (κ3) is 2.06. The number of carbonyl (C=O) groups excluding carboxylic acids is 1. The van der Waals surface area contributed by atoms with E-state index in [1.165, 1.54) is 14.2 Å². The van der Waals surface area contributed by atoms with Crippen molar-refractivity contribution in [3.8, 4) is 17.2 Å². The van der Waals surface area contributed by atoms with E-state index in [0.29, 0.717) is 22.8 Å². The van der Waals surface area contributed by atoms with Gasteiger partial charge in [-0.05, 0) is 24.7 Å². The van der Waals surface area contributed by atoms with Gasteiger partial charge in [0.1, 0.15) is 6.04 Å². The predicted molar refractivity (Wildman–Crippen MR) is 62.9 cm³/mol. The molecular formula is C12H15NO5. The summed E-state index contributed by atoms with van der Waals surface area (Å²) in [4.78, 5) is 11.6. The van der Waals surface area contributed by atoms with Crippen LogP contribution in [-0.4, -0.2) is 34.0 Å². The third-order valence-corrected chi connectivity index (χ3v) is 2.74. The molecule has 18 heavy (non-hydrogen) atoms. The molecule has 1 atom stereocenters. The van der Waals surface area contributed by atoms with E-state index in [1.54, 1.807) is 19.2 Å². The van der Waals surface area contributed by atoms with E-state index in [1.807, 2.05) is 0 Å². The third-order valence-electron chi connectivity index (χ3n) is 2.74. The minimum Gasteiger partial charge on any atom is -0.493 e. The van der Waals surface area contributed by atoms with Gasteiger partial charge in [-0.15, -0.1) is 0 Å². The molecule has 0 aromatic heterocycles. The summed E-state index contributed by atoms with van der Waals surface area (Å²) in [6, 6.07) is 2.90. The lowest BCUT2D eigenvalue weighted by atomic mass is 10.1. The summed E-state index contributed by atoms with van der Waals surface area (Å²) in [5.74, 6) is 1.28. The van der Waals surface area contributed by atoms with Gasteiger partial charge in [0.05, 0.1) is 14.2 Å². The summed E-state index contributed by atoms with van der Waals surface area (Å²) in [5.41, 5.74) is 0.699. The molecule has 0 spiro atoms. The minimum atomic E-state index is -0.571. The van der Waals surface area contributed by atoms with Crippen molar-refractivity contribution in [3.05, 3.63) is 17.7 Å². The molecule has 1 heterocycles. The maximum atomic E-state index is 11.6. The highest BCUT2D eigenvalue weighted by molar-refractivity contribution is 5.78. The van der Waals surface area contributed by atoms with Crippen LogP contribution >= 0.6 is 0 Å². The standard InChI is InChI=1S/C12H15NO5/c1-13-10(12(14)16-3)7-4-8(15-2)11-9(5-7)17-6-18-11/h4-5,10,13H,6H2,1-3H3. The summed E-state index contributed by atoms with van der Waals surface area (Å²) in [6.07, 6.45) is 0. The quantitative estimate of drug-likeness (QED) is 0.803. The highest BCUT2D eigenvalue weighted by atomic mass is 16.7. The Morgan fingerprint density at radius 1 is 1.39 bits per heavy atom. The molecule has 0 aliphatic carbocycles. The van der Waals surface area contributed by atoms with Gasteiger partial charge >= 0.3 is 5.97 Å².